The molecular weight excluding hydrogens is 302 g/mol. The Kier molecular flexibility index (Phi) is 6.69. The van der Waals surface area contributed by atoms with Crippen LogP contribution in [0, 0.1) is 6.92 Å². The van der Waals surface area contributed by atoms with E-state index in [1.54, 1.807) is 12.1 Å². The Balaban J connectivity index is 1.80. The second kappa shape index (κ2) is 8.98. The van der Waals surface area contributed by atoms with Crippen molar-refractivity contribution in [2.24, 2.45) is 0 Å². The summed E-state index contributed by atoms with van der Waals surface area (Å²) in [6.07, 6.45) is 1.02. The Morgan fingerprint density at radius 2 is 2.00 bits per heavy atom. The van der Waals surface area contributed by atoms with Crippen molar-refractivity contribution in [3.8, 4) is 0 Å². The molecule has 0 atom stereocenters. The molecule has 0 unspecified atom stereocenters. The predicted molar refractivity (Wildman–Crippen MR) is 96.0 cm³/mol. The van der Waals surface area contributed by atoms with Gasteiger partial charge in [0.1, 0.15) is 5.82 Å². The molecule has 0 bridgehead atoms. The molecule has 1 heterocycles. The van der Waals surface area contributed by atoms with Gasteiger partial charge in [-0.1, -0.05) is 29.8 Å². The standard InChI is InChI=1S/C18H25N5O/c1-14-6-4-7-15(12-14)13-20-18(24)16-8-9-17(22-21-16)19-10-5-11-23(2)3/h4,6-9,12H,5,10-11,13H2,1-3H3,(H,19,22)(H,20,24). The summed E-state index contributed by atoms with van der Waals surface area (Å²) in [5.41, 5.74) is 2.56. The average molecular weight is 327 g/mol. The van der Waals surface area contributed by atoms with Crippen molar-refractivity contribution >= 4 is 11.7 Å². The lowest BCUT2D eigenvalue weighted by Gasteiger charge is -2.10. The number of carbonyl (C=O) groups excluding carboxylic acids is 1. The molecule has 1 amide bonds. The SMILES string of the molecule is Cc1cccc(CNC(=O)c2ccc(NCCCN(C)C)nn2)c1. The zero-order valence-corrected chi connectivity index (χ0v) is 14.5. The van der Waals surface area contributed by atoms with Crippen LogP contribution in [0.3, 0.4) is 0 Å². The first-order valence-electron chi connectivity index (χ1n) is 8.10. The van der Waals surface area contributed by atoms with Crippen molar-refractivity contribution in [3.05, 3.63) is 53.2 Å². The van der Waals surface area contributed by atoms with E-state index in [1.807, 2.05) is 45.3 Å². The van der Waals surface area contributed by atoms with Crippen LogP contribution in [0.4, 0.5) is 5.82 Å². The van der Waals surface area contributed by atoms with Gasteiger partial charge >= 0.3 is 0 Å². The fourth-order valence-electron chi connectivity index (χ4n) is 2.25. The fraction of sp³-hybridized carbons (Fsp3) is 0.389. The molecule has 0 radical (unpaired) electrons. The minimum absolute atomic E-state index is 0.219. The van der Waals surface area contributed by atoms with Crippen LogP contribution in [0.25, 0.3) is 0 Å². The molecule has 2 rings (SSSR count). The third-order valence-corrected chi connectivity index (χ3v) is 3.52. The van der Waals surface area contributed by atoms with Gasteiger partial charge in [-0.15, -0.1) is 10.2 Å². The Bertz CT molecular complexity index is 655. The van der Waals surface area contributed by atoms with Crippen molar-refractivity contribution in [2.75, 3.05) is 32.5 Å². The summed E-state index contributed by atoms with van der Waals surface area (Å²) < 4.78 is 0. The first-order valence-corrected chi connectivity index (χ1v) is 8.10. The number of hydrogen-bond acceptors (Lipinski definition) is 5. The number of aryl methyl sites for hydroxylation is 1. The number of amides is 1. The van der Waals surface area contributed by atoms with Crippen molar-refractivity contribution < 1.29 is 4.79 Å². The zero-order valence-electron chi connectivity index (χ0n) is 14.5. The number of carbonyl (C=O) groups is 1. The van der Waals surface area contributed by atoms with Gasteiger partial charge in [-0.25, -0.2) is 0 Å². The van der Waals surface area contributed by atoms with E-state index >= 15 is 0 Å². The third-order valence-electron chi connectivity index (χ3n) is 3.52. The van der Waals surface area contributed by atoms with Crippen LogP contribution in [0.15, 0.2) is 36.4 Å². The van der Waals surface area contributed by atoms with Crippen LogP contribution in [0.1, 0.15) is 28.0 Å². The van der Waals surface area contributed by atoms with Gasteiger partial charge in [-0.05, 0) is 51.7 Å². The lowest BCUT2D eigenvalue weighted by molar-refractivity contribution is 0.0945. The number of hydrogen-bond donors (Lipinski definition) is 2. The first-order chi connectivity index (χ1) is 11.5. The molecule has 6 heteroatoms. The van der Waals surface area contributed by atoms with Crippen molar-refractivity contribution in [1.82, 2.24) is 20.4 Å². The van der Waals surface area contributed by atoms with E-state index in [0.717, 1.165) is 25.1 Å². The monoisotopic (exact) mass is 327 g/mol. The summed E-state index contributed by atoms with van der Waals surface area (Å²) in [6, 6.07) is 11.5. The van der Waals surface area contributed by atoms with Crippen molar-refractivity contribution in [1.29, 1.82) is 0 Å². The average Bonchev–Trinajstić information content (AvgIpc) is 2.57. The van der Waals surface area contributed by atoms with Gasteiger partial charge < -0.3 is 15.5 Å². The Morgan fingerprint density at radius 1 is 1.17 bits per heavy atom. The van der Waals surface area contributed by atoms with Crippen LogP contribution >= 0.6 is 0 Å². The molecule has 2 aromatic rings. The summed E-state index contributed by atoms with van der Waals surface area (Å²) in [7, 11) is 4.09. The fourth-order valence-corrected chi connectivity index (χ4v) is 2.25. The van der Waals surface area contributed by atoms with Crippen LogP contribution in [-0.4, -0.2) is 48.2 Å². The maximum Gasteiger partial charge on any atom is 0.272 e. The van der Waals surface area contributed by atoms with E-state index in [1.165, 1.54) is 5.56 Å². The smallest absolute Gasteiger partial charge is 0.272 e. The lowest BCUT2D eigenvalue weighted by atomic mass is 10.1. The Labute approximate surface area is 143 Å². The second-order valence-corrected chi connectivity index (χ2v) is 6.06. The van der Waals surface area contributed by atoms with E-state index in [0.29, 0.717) is 18.1 Å². The summed E-state index contributed by atoms with van der Waals surface area (Å²) in [5, 5.41) is 14.1. The molecule has 0 aliphatic carbocycles. The Morgan fingerprint density at radius 3 is 2.67 bits per heavy atom. The van der Waals surface area contributed by atoms with Gasteiger partial charge in [0.25, 0.3) is 5.91 Å². The van der Waals surface area contributed by atoms with E-state index < -0.39 is 0 Å². The maximum atomic E-state index is 12.1. The molecule has 2 N–H and O–H groups in total. The number of benzene rings is 1. The van der Waals surface area contributed by atoms with Crippen LogP contribution in [-0.2, 0) is 6.54 Å². The number of rotatable bonds is 8. The number of aromatic nitrogens is 2. The van der Waals surface area contributed by atoms with Crippen molar-refractivity contribution in [3.63, 3.8) is 0 Å². The zero-order chi connectivity index (χ0) is 17.4. The van der Waals surface area contributed by atoms with Crippen molar-refractivity contribution in [2.45, 2.75) is 19.9 Å². The van der Waals surface area contributed by atoms with Gasteiger partial charge in [-0.2, -0.15) is 0 Å². The largest absolute Gasteiger partial charge is 0.369 e. The summed E-state index contributed by atoms with van der Waals surface area (Å²) >= 11 is 0. The first kappa shape index (κ1) is 17.9. The van der Waals surface area contributed by atoms with Gasteiger partial charge in [0.2, 0.25) is 0 Å². The molecule has 0 aliphatic rings. The van der Waals surface area contributed by atoms with Crippen LogP contribution in [0.2, 0.25) is 0 Å². The van der Waals surface area contributed by atoms with Gasteiger partial charge in [-0.3, -0.25) is 4.79 Å². The highest BCUT2D eigenvalue weighted by Gasteiger charge is 2.08. The van der Waals surface area contributed by atoms with E-state index in [9.17, 15) is 4.79 Å². The molecule has 0 spiro atoms. The minimum atomic E-state index is -0.219. The molecule has 128 valence electrons. The van der Waals surface area contributed by atoms with Crippen LogP contribution < -0.4 is 10.6 Å². The van der Waals surface area contributed by atoms with Gasteiger partial charge in [0, 0.05) is 13.1 Å². The molecule has 1 aromatic carbocycles. The molecule has 0 aliphatic heterocycles. The topological polar surface area (TPSA) is 70.2 Å². The normalized spacial score (nSPS) is 10.7. The van der Waals surface area contributed by atoms with Crippen LogP contribution in [0.5, 0.6) is 0 Å². The third kappa shape index (κ3) is 5.96. The number of nitrogens with zero attached hydrogens (tertiary/aromatic N) is 3. The summed E-state index contributed by atoms with van der Waals surface area (Å²) in [4.78, 5) is 14.2. The number of nitrogens with one attached hydrogen (secondary N) is 2. The van der Waals surface area contributed by atoms with E-state index in [-0.39, 0.29) is 5.91 Å². The molecule has 24 heavy (non-hydrogen) atoms. The molecular formula is C18H25N5O. The molecule has 0 saturated carbocycles. The molecule has 0 saturated heterocycles. The summed E-state index contributed by atoms with van der Waals surface area (Å²) in [6.45, 7) is 4.35. The maximum absolute atomic E-state index is 12.1. The highest BCUT2D eigenvalue weighted by Crippen LogP contribution is 2.05. The summed E-state index contributed by atoms with van der Waals surface area (Å²) in [5.74, 6) is 0.465. The highest BCUT2D eigenvalue weighted by atomic mass is 16.1. The molecule has 6 nitrogen and oxygen atoms in total. The highest BCUT2D eigenvalue weighted by molar-refractivity contribution is 5.92. The molecule has 0 fully saturated rings. The van der Waals surface area contributed by atoms with E-state index in [2.05, 4.69) is 25.7 Å². The van der Waals surface area contributed by atoms with Gasteiger partial charge in [0.05, 0.1) is 0 Å². The predicted octanol–water partition coefficient (Wildman–Crippen LogP) is 2.08. The van der Waals surface area contributed by atoms with Gasteiger partial charge in [0.15, 0.2) is 5.69 Å². The Hall–Kier alpha value is -2.47. The lowest BCUT2D eigenvalue weighted by Crippen LogP contribution is -2.24. The molecule has 1 aromatic heterocycles. The minimum Gasteiger partial charge on any atom is -0.369 e. The second-order valence-electron chi connectivity index (χ2n) is 6.06. The number of anilines is 1. The quantitative estimate of drug-likeness (QED) is 0.727. The van der Waals surface area contributed by atoms with E-state index in [4.69, 9.17) is 0 Å².